The molecule has 0 radical (unpaired) electrons. The zero-order valence-electron chi connectivity index (χ0n) is 10.9. The Labute approximate surface area is 116 Å². The van der Waals surface area contributed by atoms with Gasteiger partial charge < -0.3 is 4.74 Å². The molecule has 0 aliphatic carbocycles. The van der Waals surface area contributed by atoms with Gasteiger partial charge in [0.2, 0.25) is 0 Å². The van der Waals surface area contributed by atoms with Gasteiger partial charge in [0.15, 0.2) is 0 Å². The Balaban J connectivity index is 2.30. The third kappa shape index (κ3) is 3.01. The van der Waals surface area contributed by atoms with E-state index in [1.807, 2.05) is 6.07 Å². The minimum absolute atomic E-state index is 0.0820. The van der Waals surface area contributed by atoms with Crippen LogP contribution in [0.5, 0.6) is 0 Å². The second-order valence-electron chi connectivity index (χ2n) is 4.29. The molecule has 0 spiro atoms. The largest absolute Gasteiger partial charge is 0.465 e. The lowest BCUT2D eigenvalue weighted by molar-refractivity contribution is 0.0595. The molecule has 0 aliphatic heterocycles. The van der Waals surface area contributed by atoms with E-state index in [9.17, 15) is 9.18 Å². The van der Waals surface area contributed by atoms with Crippen molar-refractivity contribution >= 4 is 5.97 Å². The van der Waals surface area contributed by atoms with Crippen molar-refractivity contribution in [1.82, 2.24) is 0 Å². The Morgan fingerprint density at radius 1 is 1.25 bits per heavy atom. The van der Waals surface area contributed by atoms with Crippen LogP contribution < -0.4 is 0 Å². The lowest BCUT2D eigenvalue weighted by atomic mass is 10.0. The second kappa shape index (κ2) is 5.98. The average molecular weight is 269 g/mol. The summed E-state index contributed by atoms with van der Waals surface area (Å²) in [7, 11) is 1.21. The van der Waals surface area contributed by atoms with E-state index in [4.69, 9.17) is 5.26 Å². The topological polar surface area (TPSA) is 50.1 Å². The summed E-state index contributed by atoms with van der Waals surface area (Å²) in [6.07, 6.45) is 0.514. The van der Waals surface area contributed by atoms with Crippen LogP contribution in [0.3, 0.4) is 0 Å². The summed E-state index contributed by atoms with van der Waals surface area (Å²) >= 11 is 0. The first-order chi connectivity index (χ1) is 9.63. The number of halogens is 1. The molecule has 2 aromatic carbocycles. The van der Waals surface area contributed by atoms with Crippen molar-refractivity contribution in [3.05, 3.63) is 70.5 Å². The number of hydrogen-bond acceptors (Lipinski definition) is 3. The van der Waals surface area contributed by atoms with E-state index >= 15 is 0 Å². The molecule has 0 N–H and O–H groups in total. The zero-order valence-corrected chi connectivity index (χ0v) is 10.9. The van der Waals surface area contributed by atoms with Gasteiger partial charge in [-0.2, -0.15) is 5.26 Å². The first-order valence-electron chi connectivity index (χ1n) is 6.00. The monoisotopic (exact) mass is 269 g/mol. The van der Waals surface area contributed by atoms with Crippen LogP contribution in [0.2, 0.25) is 0 Å². The highest BCUT2D eigenvalue weighted by Gasteiger charge is 2.12. The van der Waals surface area contributed by atoms with Crippen molar-refractivity contribution in [3.63, 3.8) is 0 Å². The lowest BCUT2D eigenvalue weighted by Crippen LogP contribution is -2.05. The molecule has 0 aromatic heterocycles. The maximum atomic E-state index is 13.5. The van der Waals surface area contributed by atoms with Gasteiger partial charge in [-0.05, 0) is 41.8 Å². The van der Waals surface area contributed by atoms with Crippen LogP contribution in [0.4, 0.5) is 4.39 Å². The maximum Gasteiger partial charge on any atom is 0.340 e. The van der Waals surface area contributed by atoms with Crippen molar-refractivity contribution in [3.8, 4) is 6.07 Å². The predicted octanol–water partition coefficient (Wildman–Crippen LogP) is 3.07. The van der Waals surface area contributed by atoms with Gasteiger partial charge in [0.25, 0.3) is 0 Å². The van der Waals surface area contributed by atoms with Gasteiger partial charge in [0.1, 0.15) is 5.82 Å². The smallest absolute Gasteiger partial charge is 0.340 e. The number of nitriles is 1. The highest BCUT2D eigenvalue weighted by molar-refractivity contribution is 5.89. The van der Waals surface area contributed by atoms with Crippen LogP contribution in [0.1, 0.15) is 27.0 Å². The molecular formula is C16H12FNO2. The minimum Gasteiger partial charge on any atom is -0.465 e. The number of hydrogen-bond donors (Lipinski definition) is 0. The Bertz CT molecular complexity index is 689. The van der Waals surface area contributed by atoms with Gasteiger partial charge in [-0.1, -0.05) is 18.2 Å². The summed E-state index contributed by atoms with van der Waals surface area (Å²) in [4.78, 5) is 11.4. The van der Waals surface area contributed by atoms with Crippen LogP contribution >= 0.6 is 0 Å². The van der Waals surface area contributed by atoms with Crippen LogP contribution in [0.25, 0.3) is 0 Å². The molecule has 20 heavy (non-hydrogen) atoms. The first kappa shape index (κ1) is 13.8. The van der Waals surface area contributed by atoms with Gasteiger partial charge in [0, 0.05) is 0 Å². The van der Waals surface area contributed by atoms with Gasteiger partial charge in [-0.3, -0.25) is 0 Å². The molecule has 0 amide bonds. The van der Waals surface area contributed by atoms with E-state index in [-0.39, 0.29) is 5.56 Å². The SMILES string of the molecule is COC(=O)c1cc(Cc2cccc(C#N)c2)ccc1F. The molecule has 3 nitrogen and oxygen atoms in total. The Kier molecular flexibility index (Phi) is 4.11. The fourth-order valence-corrected chi connectivity index (χ4v) is 1.94. The lowest BCUT2D eigenvalue weighted by Gasteiger charge is -2.06. The van der Waals surface area contributed by atoms with Crippen LogP contribution in [0, 0.1) is 17.1 Å². The summed E-state index contributed by atoms with van der Waals surface area (Å²) in [5.74, 6) is -1.30. The van der Waals surface area contributed by atoms with E-state index in [1.54, 1.807) is 24.3 Å². The molecule has 0 heterocycles. The van der Waals surface area contributed by atoms with Crippen molar-refractivity contribution in [1.29, 1.82) is 5.26 Å². The Morgan fingerprint density at radius 3 is 2.70 bits per heavy atom. The van der Waals surface area contributed by atoms with E-state index in [1.165, 1.54) is 19.2 Å². The number of ether oxygens (including phenoxy) is 1. The number of esters is 1. The quantitative estimate of drug-likeness (QED) is 0.804. The van der Waals surface area contributed by atoms with E-state index in [0.29, 0.717) is 12.0 Å². The van der Waals surface area contributed by atoms with Crippen molar-refractivity contribution < 1.29 is 13.9 Å². The molecule has 0 aliphatic rings. The van der Waals surface area contributed by atoms with Gasteiger partial charge >= 0.3 is 5.97 Å². The predicted molar refractivity (Wildman–Crippen MR) is 71.7 cm³/mol. The highest BCUT2D eigenvalue weighted by atomic mass is 19.1. The molecule has 0 atom stereocenters. The summed E-state index contributed by atoms with van der Waals surface area (Å²) in [6.45, 7) is 0. The maximum absolute atomic E-state index is 13.5. The fourth-order valence-electron chi connectivity index (χ4n) is 1.94. The summed E-state index contributed by atoms with van der Waals surface area (Å²) in [5, 5.41) is 8.85. The number of methoxy groups -OCH3 is 1. The normalized spacial score (nSPS) is 9.85. The standard InChI is InChI=1S/C16H12FNO2/c1-20-16(19)14-9-12(5-6-15(14)17)7-11-3-2-4-13(8-11)10-18/h2-6,8-9H,7H2,1H3. The van der Waals surface area contributed by atoms with Crippen molar-refractivity contribution in [2.75, 3.05) is 7.11 Å². The molecule has 0 unspecified atom stereocenters. The molecular weight excluding hydrogens is 257 g/mol. The highest BCUT2D eigenvalue weighted by Crippen LogP contribution is 2.16. The van der Waals surface area contributed by atoms with E-state index in [2.05, 4.69) is 10.8 Å². The number of nitrogens with zero attached hydrogens (tertiary/aromatic N) is 1. The zero-order chi connectivity index (χ0) is 14.5. The molecule has 4 heteroatoms. The molecule has 0 bridgehead atoms. The summed E-state index contributed by atoms with van der Waals surface area (Å²) in [5.41, 5.74) is 2.19. The molecule has 0 saturated heterocycles. The molecule has 0 saturated carbocycles. The van der Waals surface area contributed by atoms with Gasteiger partial charge in [0.05, 0.1) is 24.3 Å². The van der Waals surface area contributed by atoms with Crippen LogP contribution in [-0.4, -0.2) is 13.1 Å². The van der Waals surface area contributed by atoms with Crippen LogP contribution in [-0.2, 0) is 11.2 Å². The summed E-state index contributed by atoms with van der Waals surface area (Å²) in [6, 6.07) is 13.5. The van der Waals surface area contributed by atoms with E-state index < -0.39 is 11.8 Å². The minimum atomic E-state index is -0.699. The molecule has 0 fully saturated rings. The Hall–Kier alpha value is -2.67. The third-order valence-corrected chi connectivity index (χ3v) is 2.90. The van der Waals surface area contributed by atoms with Crippen molar-refractivity contribution in [2.45, 2.75) is 6.42 Å². The molecule has 100 valence electrons. The van der Waals surface area contributed by atoms with Crippen LogP contribution in [0.15, 0.2) is 42.5 Å². The fraction of sp³-hybridized carbons (Fsp3) is 0.125. The average Bonchev–Trinajstić information content (AvgIpc) is 2.48. The van der Waals surface area contributed by atoms with Gasteiger partial charge in [-0.25, -0.2) is 9.18 Å². The molecule has 2 aromatic rings. The third-order valence-electron chi connectivity index (χ3n) is 2.90. The van der Waals surface area contributed by atoms with E-state index in [0.717, 1.165) is 11.1 Å². The Morgan fingerprint density at radius 2 is 2.00 bits per heavy atom. The second-order valence-corrected chi connectivity index (χ2v) is 4.29. The molecule has 2 rings (SSSR count). The first-order valence-corrected chi connectivity index (χ1v) is 6.00. The number of carbonyl (C=O) groups is 1. The number of benzene rings is 2. The number of rotatable bonds is 3. The van der Waals surface area contributed by atoms with Gasteiger partial charge in [-0.15, -0.1) is 0 Å². The summed E-state index contributed by atoms with van der Waals surface area (Å²) < 4.78 is 18.1. The number of carbonyl (C=O) groups excluding carboxylic acids is 1. The van der Waals surface area contributed by atoms with Crippen molar-refractivity contribution in [2.24, 2.45) is 0 Å².